The molecule has 0 bridgehead atoms. The van der Waals surface area contributed by atoms with Gasteiger partial charge in [0.25, 0.3) is 0 Å². The minimum absolute atomic E-state index is 0.754. The number of nitrogens with zero attached hydrogens (tertiary/aromatic N) is 1. The second-order valence-electron chi connectivity index (χ2n) is 2.71. The van der Waals surface area contributed by atoms with Crippen LogP contribution in [0.25, 0.3) is 0 Å². The Hall–Kier alpha value is -0.540. The van der Waals surface area contributed by atoms with Crippen molar-refractivity contribution in [1.29, 1.82) is 0 Å². The molecule has 66 valence electrons. The Labute approximate surface area is 77.6 Å². The predicted octanol–water partition coefficient (Wildman–Crippen LogP) is 1.58. The van der Waals surface area contributed by atoms with Gasteiger partial charge in [0, 0.05) is 30.4 Å². The first-order chi connectivity index (χ1) is 5.83. The fraction of sp³-hybridized carbons (Fsp3) is 0.444. The van der Waals surface area contributed by atoms with E-state index < -0.39 is 0 Å². The van der Waals surface area contributed by atoms with Crippen LogP contribution in [0.5, 0.6) is 0 Å². The van der Waals surface area contributed by atoms with Crippen LogP contribution >= 0.6 is 11.8 Å². The minimum atomic E-state index is 0.754. The van der Waals surface area contributed by atoms with Crippen molar-refractivity contribution in [3.63, 3.8) is 0 Å². The van der Waals surface area contributed by atoms with E-state index in [1.54, 1.807) is 0 Å². The summed E-state index contributed by atoms with van der Waals surface area (Å²) in [7, 11) is 0. The summed E-state index contributed by atoms with van der Waals surface area (Å²) in [5.41, 5.74) is 7.89. The van der Waals surface area contributed by atoms with Crippen LogP contribution in [0.3, 0.4) is 0 Å². The molecule has 3 heteroatoms. The Morgan fingerprint density at radius 2 is 2.33 bits per heavy atom. The molecule has 0 fully saturated rings. The average molecular weight is 182 g/mol. The van der Waals surface area contributed by atoms with Gasteiger partial charge in [0.1, 0.15) is 0 Å². The normalized spacial score (nSPS) is 10.2. The fourth-order valence-corrected chi connectivity index (χ4v) is 1.67. The number of nitrogens with two attached hydrogens (primary N) is 1. The maximum absolute atomic E-state index is 5.39. The highest BCUT2D eigenvalue weighted by atomic mass is 32.2. The Bertz CT molecular complexity index is 238. The van der Waals surface area contributed by atoms with Crippen molar-refractivity contribution in [2.24, 2.45) is 5.73 Å². The molecule has 0 unspecified atom stereocenters. The molecule has 0 aliphatic rings. The highest BCUT2D eigenvalue weighted by Gasteiger charge is 1.93. The van der Waals surface area contributed by atoms with Gasteiger partial charge in [0.15, 0.2) is 0 Å². The van der Waals surface area contributed by atoms with E-state index in [1.807, 2.05) is 24.2 Å². The first-order valence-electron chi connectivity index (χ1n) is 4.01. The van der Waals surface area contributed by atoms with E-state index in [0.29, 0.717) is 0 Å². The summed E-state index contributed by atoms with van der Waals surface area (Å²) in [5.74, 6) is 2.04. The number of aryl methyl sites for hydroxylation is 1. The lowest BCUT2D eigenvalue weighted by molar-refractivity contribution is 1.14. The zero-order chi connectivity index (χ0) is 8.81. The van der Waals surface area contributed by atoms with Gasteiger partial charge >= 0.3 is 0 Å². The maximum atomic E-state index is 5.39. The summed E-state index contributed by atoms with van der Waals surface area (Å²) in [6.45, 7) is 2.81. The van der Waals surface area contributed by atoms with Crippen molar-refractivity contribution in [2.75, 3.05) is 12.3 Å². The molecule has 0 aliphatic carbocycles. The van der Waals surface area contributed by atoms with Crippen molar-refractivity contribution in [3.8, 4) is 0 Å². The lowest BCUT2D eigenvalue weighted by Crippen LogP contribution is -2.01. The number of hydrogen-bond donors (Lipinski definition) is 1. The number of rotatable bonds is 4. The van der Waals surface area contributed by atoms with Crippen LogP contribution in [0.2, 0.25) is 0 Å². The standard InChI is InChI=1S/C9H14N2S/c1-8-4-9(6-11-5-8)7-12-3-2-10/h4-6H,2-3,7,10H2,1H3. The van der Waals surface area contributed by atoms with E-state index in [0.717, 1.165) is 18.1 Å². The average Bonchev–Trinajstić information content (AvgIpc) is 2.05. The van der Waals surface area contributed by atoms with E-state index in [-0.39, 0.29) is 0 Å². The quantitative estimate of drug-likeness (QED) is 0.719. The molecule has 0 saturated carbocycles. The van der Waals surface area contributed by atoms with Crippen molar-refractivity contribution in [3.05, 3.63) is 29.6 Å². The minimum Gasteiger partial charge on any atom is -0.330 e. The summed E-state index contributed by atoms with van der Waals surface area (Å²) in [6.07, 6.45) is 3.79. The molecule has 12 heavy (non-hydrogen) atoms. The van der Waals surface area contributed by atoms with Gasteiger partial charge < -0.3 is 5.73 Å². The molecule has 0 radical (unpaired) electrons. The van der Waals surface area contributed by atoms with E-state index in [9.17, 15) is 0 Å². The second-order valence-corrected chi connectivity index (χ2v) is 3.82. The van der Waals surface area contributed by atoms with Gasteiger partial charge in [-0.2, -0.15) is 11.8 Å². The first kappa shape index (κ1) is 9.55. The van der Waals surface area contributed by atoms with Crippen LogP contribution in [0.15, 0.2) is 18.5 Å². The Morgan fingerprint density at radius 1 is 1.50 bits per heavy atom. The molecule has 2 N–H and O–H groups in total. The predicted molar refractivity (Wildman–Crippen MR) is 54.2 cm³/mol. The number of aromatic nitrogens is 1. The molecule has 0 amide bonds. The van der Waals surface area contributed by atoms with E-state index in [1.165, 1.54) is 11.1 Å². The molecule has 2 nitrogen and oxygen atoms in total. The fourth-order valence-electron chi connectivity index (χ4n) is 0.970. The lowest BCUT2D eigenvalue weighted by atomic mass is 10.2. The van der Waals surface area contributed by atoms with Gasteiger partial charge in [-0.3, -0.25) is 4.98 Å². The zero-order valence-electron chi connectivity index (χ0n) is 7.29. The van der Waals surface area contributed by atoms with Crippen LogP contribution in [0.4, 0.5) is 0 Å². The number of thioether (sulfide) groups is 1. The molecule has 0 aromatic carbocycles. The number of pyridine rings is 1. The van der Waals surface area contributed by atoms with Gasteiger partial charge in [-0.25, -0.2) is 0 Å². The Balaban J connectivity index is 2.41. The molecule has 0 aliphatic heterocycles. The number of hydrogen-bond acceptors (Lipinski definition) is 3. The third kappa shape index (κ3) is 3.24. The molecule has 0 spiro atoms. The van der Waals surface area contributed by atoms with Gasteiger partial charge in [-0.1, -0.05) is 6.07 Å². The van der Waals surface area contributed by atoms with E-state index in [2.05, 4.69) is 18.0 Å². The van der Waals surface area contributed by atoms with Gasteiger partial charge in [-0.05, 0) is 18.1 Å². The summed E-state index contributed by atoms with van der Waals surface area (Å²) in [4.78, 5) is 4.12. The summed E-state index contributed by atoms with van der Waals surface area (Å²) < 4.78 is 0. The van der Waals surface area contributed by atoms with Gasteiger partial charge in [-0.15, -0.1) is 0 Å². The van der Waals surface area contributed by atoms with Crippen molar-refractivity contribution < 1.29 is 0 Å². The molecule has 1 aromatic heterocycles. The lowest BCUT2D eigenvalue weighted by Gasteiger charge is -2.00. The molecular weight excluding hydrogens is 168 g/mol. The zero-order valence-corrected chi connectivity index (χ0v) is 8.10. The molecular formula is C9H14N2S. The Kier molecular flexibility index (Phi) is 4.11. The van der Waals surface area contributed by atoms with Crippen molar-refractivity contribution in [2.45, 2.75) is 12.7 Å². The Morgan fingerprint density at radius 3 is 3.00 bits per heavy atom. The molecule has 1 rings (SSSR count). The van der Waals surface area contributed by atoms with E-state index in [4.69, 9.17) is 5.73 Å². The third-order valence-electron chi connectivity index (χ3n) is 1.46. The summed E-state index contributed by atoms with van der Waals surface area (Å²) in [5, 5.41) is 0. The summed E-state index contributed by atoms with van der Waals surface area (Å²) in [6, 6.07) is 2.16. The SMILES string of the molecule is Cc1cncc(CSCCN)c1. The van der Waals surface area contributed by atoms with Crippen molar-refractivity contribution >= 4 is 11.8 Å². The first-order valence-corrected chi connectivity index (χ1v) is 5.16. The highest BCUT2D eigenvalue weighted by molar-refractivity contribution is 7.98. The summed E-state index contributed by atoms with van der Waals surface area (Å²) >= 11 is 1.85. The van der Waals surface area contributed by atoms with Crippen LogP contribution in [0, 0.1) is 6.92 Å². The third-order valence-corrected chi connectivity index (χ3v) is 2.52. The van der Waals surface area contributed by atoms with Gasteiger partial charge in [0.05, 0.1) is 0 Å². The molecule has 1 aromatic rings. The van der Waals surface area contributed by atoms with Gasteiger partial charge in [0.2, 0.25) is 0 Å². The molecule has 0 atom stereocenters. The smallest absolute Gasteiger partial charge is 0.0308 e. The largest absolute Gasteiger partial charge is 0.330 e. The second kappa shape index (κ2) is 5.17. The topological polar surface area (TPSA) is 38.9 Å². The van der Waals surface area contributed by atoms with Crippen LogP contribution < -0.4 is 5.73 Å². The maximum Gasteiger partial charge on any atom is 0.0308 e. The molecule has 1 heterocycles. The van der Waals surface area contributed by atoms with Crippen LogP contribution in [0.1, 0.15) is 11.1 Å². The monoisotopic (exact) mass is 182 g/mol. The van der Waals surface area contributed by atoms with Crippen LogP contribution in [-0.4, -0.2) is 17.3 Å². The highest BCUT2D eigenvalue weighted by Crippen LogP contribution is 2.10. The van der Waals surface area contributed by atoms with E-state index >= 15 is 0 Å². The molecule has 0 saturated heterocycles. The van der Waals surface area contributed by atoms with Crippen molar-refractivity contribution in [1.82, 2.24) is 4.98 Å². The van der Waals surface area contributed by atoms with Crippen LogP contribution in [-0.2, 0) is 5.75 Å².